The second kappa shape index (κ2) is 8.88. The number of cyclic esters (lactones) is 1. The molecule has 0 radical (unpaired) electrons. The first-order valence-electron chi connectivity index (χ1n) is 9.32. The van der Waals surface area contributed by atoms with Gasteiger partial charge in [-0.15, -0.1) is 0 Å². The number of nitrogens with one attached hydrogen (secondary N) is 1. The molecule has 1 aromatic carbocycles. The number of thiocarbonyl (C=S) groups is 1. The summed E-state index contributed by atoms with van der Waals surface area (Å²) in [5.74, 6) is -0.500. The Balaban J connectivity index is 1.63. The number of hydrogen-bond donors (Lipinski definition) is 2. The maximum absolute atomic E-state index is 14.8. The van der Waals surface area contributed by atoms with Gasteiger partial charge in [-0.2, -0.15) is 12.7 Å². The zero-order valence-corrected chi connectivity index (χ0v) is 18.4. The number of rotatable bonds is 5. The van der Waals surface area contributed by atoms with Crippen molar-refractivity contribution in [2.75, 3.05) is 63.2 Å². The van der Waals surface area contributed by atoms with Crippen LogP contribution in [-0.4, -0.2) is 88.3 Å². The fraction of sp³-hybridized carbons (Fsp3) is 0.529. The van der Waals surface area contributed by atoms with Gasteiger partial charge in [-0.1, -0.05) is 0 Å². The quantitative estimate of drug-likeness (QED) is 0.587. The molecule has 2 heterocycles. The number of anilines is 2. The minimum Gasteiger partial charge on any atom is -0.442 e. The van der Waals surface area contributed by atoms with Gasteiger partial charge in [-0.05, 0) is 30.4 Å². The summed E-state index contributed by atoms with van der Waals surface area (Å²) < 4.78 is 44.1. The van der Waals surface area contributed by atoms with Crippen molar-refractivity contribution in [2.24, 2.45) is 5.14 Å². The molecule has 1 aromatic rings. The van der Waals surface area contributed by atoms with E-state index in [4.69, 9.17) is 22.1 Å². The van der Waals surface area contributed by atoms with Crippen molar-refractivity contribution in [3.05, 3.63) is 24.0 Å². The van der Waals surface area contributed by atoms with Gasteiger partial charge in [-0.25, -0.2) is 14.3 Å². The Kier molecular flexibility index (Phi) is 6.65. The van der Waals surface area contributed by atoms with Crippen LogP contribution in [0.5, 0.6) is 0 Å². The average Bonchev–Trinajstić information content (AvgIpc) is 3.06. The molecule has 0 aliphatic carbocycles. The first kappa shape index (κ1) is 22.5. The summed E-state index contributed by atoms with van der Waals surface area (Å²) in [5.41, 5.74) is 0.733. The first-order chi connectivity index (χ1) is 14.1. The van der Waals surface area contributed by atoms with E-state index in [2.05, 4.69) is 5.32 Å². The Morgan fingerprint density at radius 2 is 2.00 bits per heavy atom. The minimum absolute atomic E-state index is 0.183. The molecule has 1 amide bonds. The molecule has 2 aliphatic heterocycles. The molecule has 10 nitrogen and oxygen atoms in total. The number of nitrogens with two attached hydrogens (primary N) is 1. The van der Waals surface area contributed by atoms with E-state index in [0.29, 0.717) is 36.1 Å². The van der Waals surface area contributed by atoms with Gasteiger partial charge in [0.15, 0.2) is 5.11 Å². The molecule has 0 aromatic heterocycles. The SMILES string of the molecule is CN(C)C(=S)NCC1CN(c2ccc(N3CCN(S(N)(=O)=O)CC3)c(F)c2)C(=O)O1. The lowest BCUT2D eigenvalue weighted by Crippen LogP contribution is -2.50. The highest BCUT2D eigenvalue weighted by molar-refractivity contribution is 7.86. The van der Waals surface area contributed by atoms with E-state index < -0.39 is 28.2 Å². The lowest BCUT2D eigenvalue weighted by molar-refractivity contribution is 0.142. The molecule has 0 spiro atoms. The Labute approximate surface area is 180 Å². The van der Waals surface area contributed by atoms with Crippen LogP contribution in [0.3, 0.4) is 0 Å². The van der Waals surface area contributed by atoms with Gasteiger partial charge in [0.05, 0.1) is 24.5 Å². The second-order valence-electron chi connectivity index (χ2n) is 7.26. The summed E-state index contributed by atoms with van der Waals surface area (Å²) in [6.45, 7) is 1.63. The van der Waals surface area contributed by atoms with Crippen LogP contribution in [0, 0.1) is 5.82 Å². The molecule has 1 unspecified atom stereocenters. The topological polar surface area (TPSA) is 111 Å². The third-order valence-corrected chi connectivity index (χ3v) is 6.54. The van der Waals surface area contributed by atoms with Gasteiger partial charge >= 0.3 is 6.09 Å². The second-order valence-corrected chi connectivity index (χ2v) is 9.20. The van der Waals surface area contributed by atoms with E-state index in [0.717, 1.165) is 4.31 Å². The molecule has 2 fully saturated rings. The number of halogens is 1. The van der Waals surface area contributed by atoms with Gasteiger partial charge in [0.2, 0.25) is 0 Å². The Bertz CT molecular complexity index is 921. The van der Waals surface area contributed by atoms with Gasteiger partial charge in [0.1, 0.15) is 11.9 Å². The number of carbonyl (C=O) groups excluding carboxylic acids is 1. The van der Waals surface area contributed by atoms with E-state index in [1.807, 2.05) is 0 Å². The standard InChI is InChI=1S/C17H25FN6O4S2/c1-21(2)16(29)20-10-13-11-24(17(25)28-13)12-3-4-15(14(18)9-12)22-5-7-23(8-6-22)30(19,26)27/h3-4,9,13H,5-8,10-11H2,1-2H3,(H,20,29)(H2,19,26,27). The molecule has 166 valence electrons. The minimum atomic E-state index is -3.75. The summed E-state index contributed by atoms with van der Waals surface area (Å²) in [7, 11) is -0.133. The monoisotopic (exact) mass is 460 g/mol. The smallest absolute Gasteiger partial charge is 0.414 e. The van der Waals surface area contributed by atoms with Crippen molar-refractivity contribution in [1.29, 1.82) is 0 Å². The number of benzene rings is 1. The van der Waals surface area contributed by atoms with Crippen LogP contribution in [0.2, 0.25) is 0 Å². The van der Waals surface area contributed by atoms with Gasteiger partial charge in [0.25, 0.3) is 10.2 Å². The van der Waals surface area contributed by atoms with E-state index in [1.54, 1.807) is 36.0 Å². The summed E-state index contributed by atoms with van der Waals surface area (Å²) >= 11 is 5.15. The molecule has 0 bridgehead atoms. The number of ether oxygens (including phenoxy) is 1. The Morgan fingerprint density at radius 1 is 1.33 bits per heavy atom. The van der Waals surface area contributed by atoms with Crippen molar-refractivity contribution >= 4 is 45.0 Å². The summed E-state index contributed by atoms with van der Waals surface area (Å²) in [6, 6.07) is 4.51. The number of nitrogens with zero attached hydrogens (tertiary/aromatic N) is 4. The molecule has 2 saturated heterocycles. The Hall–Kier alpha value is -2.22. The van der Waals surface area contributed by atoms with Gasteiger partial charge in [-0.3, -0.25) is 4.90 Å². The van der Waals surface area contributed by atoms with Crippen LogP contribution in [-0.2, 0) is 14.9 Å². The number of carbonyl (C=O) groups is 1. The lowest BCUT2D eigenvalue weighted by atomic mass is 10.2. The van der Waals surface area contributed by atoms with Crippen LogP contribution in [0.25, 0.3) is 0 Å². The first-order valence-corrected chi connectivity index (χ1v) is 11.2. The maximum Gasteiger partial charge on any atom is 0.414 e. The maximum atomic E-state index is 14.8. The molecule has 0 saturated carbocycles. The summed E-state index contributed by atoms with van der Waals surface area (Å²) in [5, 5.41) is 8.67. The van der Waals surface area contributed by atoms with E-state index in [1.165, 1.54) is 11.0 Å². The van der Waals surface area contributed by atoms with Crippen LogP contribution in [0.15, 0.2) is 18.2 Å². The molecule has 13 heteroatoms. The molecular formula is C17H25FN6O4S2. The zero-order valence-electron chi connectivity index (χ0n) is 16.7. The highest BCUT2D eigenvalue weighted by Gasteiger charge is 2.33. The van der Waals surface area contributed by atoms with E-state index in [9.17, 15) is 17.6 Å². The number of piperazine rings is 1. The molecule has 1 atom stereocenters. The van der Waals surface area contributed by atoms with Gasteiger partial charge in [0, 0.05) is 40.3 Å². The normalized spacial score (nSPS) is 20.3. The largest absolute Gasteiger partial charge is 0.442 e. The molecule has 3 N–H and O–H groups in total. The van der Waals surface area contributed by atoms with Crippen LogP contribution in [0.4, 0.5) is 20.6 Å². The third-order valence-electron chi connectivity index (χ3n) is 4.94. The zero-order chi connectivity index (χ0) is 22.1. The van der Waals surface area contributed by atoms with Crippen molar-refractivity contribution < 1.29 is 22.3 Å². The van der Waals surface area contributed by atoms with Crippen molar-refractivity contribution in [3.8, 4) is 0 Å². The lowest BCUT2D eigenvalue weighted by Gasteiger charge is -2.34. The van der Waals surface area contributed by atoms with Crippen LogP contribution in [0.1, 0.15) is 0 Å². The van der Waals surface area contributed by atoms with Crippen molar-refractivity contribution in [1.82, 2.24) is 14.5 Å². The molecule has 30 heavy (non-hydrogen) atoms. The Morgan fingerprint density at radius 3 is 2.57 bits per heavy atom. The van der Waals surface area contributed by atoms with Gasteiger partial charge < -0.3 is 19.9 Å². The van der Waals surface area contributed by atoms with Crippen molar-refractivity contribution in [3.63, 3.8) is 0 Å². The molecule has 2 aliphatic rings. The highest BCUT2D eigenvalue weighted by Crippen LogP contribution is 2.28. The van der Waals surface area contributed by atoms with Crippen LogP contribution >= 0.6 is 12.2 Å². The fourth-order valence-corrected chi connectivity index (χ4v) is 4.06. The number of hydrogen-bond acceptors (Lipinski definition) is 6. The van der Waals surface area contributed by atoms with E-state index >= 15 is 0 Å². The summed E-state index contributed by atoms with van der Waals surface area (Å²) in [6.07, 6.45) is -0.962. The average molecular weight is 461 g/mol. The predicted octanol–water partition coefficient (Wildman–Crippen LogP) is -0.0875. The highest BCUT2D eigenvalue weighted by atomic mass is 32.2. The summed E-state index contributed by atoms with van der Waals surface area (Å²) in [4.78, 5) is 17.1. The van der Waals surface area contributed by atoms with Crippen molar-refractivity contribution in [2.45, 2.75) is 6.10 Å². The number of amides is 1. The fourth-order valence-electron chi connectivity index (χ4n) is 3.30. The molecular weight excluding hydrogens is 435 g/mol. The third kappa shape index (κ3) is 5.09. The molecule has 3 rings (SSSR count). The predicted molar refractivity (Wildman–Crippen MR) is 115 cm³/mol. The van der Waals surface area contributed by atoms with E-state index in [-0.39, 0.29) is 19.6 Å². The van der Waals surface area contributed by atoms with Crippen LogP contribution < -0.4 is 20.3 Å².